The number of halogens is 1. The molecule has 1 atom stereocenters. The molecular formula is C16H25FN2. The lowest BCUT2D eigenvalue weighted by Crippen LogP contribution is -2.33. The van der Waals surface area contributed by atoms with E-state index in [2.05, 4.69) is 11.8 Å². The van der Waals surface area contributed by atoms with E-state index in [4.69, 9.17) is 5.73 Å². The maximum absolute atomic E-state index is 13.6. The summed E-state index contributed by atoms with van der Waals surface area (Å²) in [6, 6.07) is 5.87. The third kappa shape index (κ3) is 4.02. The van der Waals surface area contributed by atoms with Crippen molar-refractivity contribution in [1.29, 1.82) is 0 Å². The van der Waals surface area contributed by atoms with Crippen LogP contribution in [0.2, 0.25) is 0 Å². The molecule has 0 radical (unpaired) electrons. The first-order valence-corrected chi connectivity index (χ1v) is 7.45. The topological polar surface area (TPSA) is 29.3 Å². The van der Waals surface area contributed by atoms with Gasteiger partial charge in [0.2, 0.25) is 0 Å². The van der Waals surface area contributed by atoms with Crippen molar-refractivity contribution in [3.63, 3.8) is 0 Å². The molecule has 2 N–H and O–H groups in total. The van der Waals surface area contributed by atoms with E-state index in [0.717, 1.165) is 24.2 Å². The van der Waals surface area contributed by atoms with E-state index >= 15 is 0 Å². The highest BCUT2D eigenvalue weighted by Gasteiger charge is 2.19. The molecular weight excluding hydrogens is 239 g/mol. The van der Waals surface area contributed by atoms with Gasteiger partial charge in [-0.05, 0) is 49.1 Å². The Morgan fingerprint density at radius 2 is 2.00 bits per heavy atom. The molecule has 1 aromatic carbocycles. The second kappa shape index (κ2) is 7.01. The van der Waals surface area contributed by atoms with Crippen LogP contribution in [0.1, 0.15) is 50.2 Å². The average molecular weight is 264 g/mol. The fraction of sp³-hybridized carbons (Fsp3) is 0.625. The van der Waals surface area contributed by atoms with Crippen LogP contribution in [-0.4, -0.2) is 17.5 Å². The fourth-order valence-electron chi connectivity index (χ4n) is 3.07. The van der Waals surface area contributed by atoms with E-state index in [-0.39, 0.29) is 5.82 Å². The summed E-state index contributed by atoms with van der Waals surface area (Å²) in [5.41, 5.74) is 7.56. The number of nitrogens with two attached hydrogens (primary N) is 1. The van der Waals surface area contributed by atoms with Crippen LogP contribution in [0.4, 0.5) is 4.39 Å². The van der Waals surface area contributed by atoms with E-state index in [1.165, 1.54) is 38.2 Å². The number of rotatable bonds is 4. The molecule has 0 saturated carbocycles. The van der Waals surface area contributed by atoms with Crippen LogP contribution in [0.25, 0.3) is 0 Å². The van der Waals surface area contributed by atoms with E-state index < -0.39 is 0 Å². The lowest BCUT2D eigenvalue weighted by atomic mass is 10.1. The summed E-state index contributed by atoms with van der Waals surface area (Å²) in [7, 11) is 0. The summed E-state index contributed by atoms with van der Waals surface area (Å²) in [6.45, 7) is 4.64. The van der Waals surface area contributed by atoms with Crippen molar-refractivity contribution >= 4 is 0 Å². The van der Waals surface area contributed by atoms with Crippen LogP contribution in [-0.2, 0) is 13.1 Å². The third-order valence-electron chi connectivity index (χ3n) is 4.11. The van der Waals surface area contributed by atoms with Gasteiger partial charge in [0.15, 0.2) is 0 Å². The number of nitrogens with zero attached hydrogens (tertiary/aromatic N) is 1. The molecule has 2 nitrogen and oxygen atoms in total. The fourth-order valence-corrected chi connectivity index (χ4v) is 3.07. The molecule has 106 valence electrons. The van der Waals surface area contributed by atoms with Crippen LogP contribution >= 0.6 is 0 Å². The minimum Gasteiger partial charge on any atom is -0.326 e. The minimum absolute atomic E-state index is 0.166. The highest BCUT2D eigenvalue weighted by atomic mass is 19.1. The molecule has 19 heavy (non-hydrogen) atoms. The normalized spacial score (nSPS) is 21.3. The standard InChI is InChI=1S/C16H25FN2/c1-2-16-6-4-3-5-7-19(16)12-14-8-13(11-18)9-15(17)10-14/h8-10,16H,2-7,11-12,18H2,1H3. The van der Waals surface area contributed by atoms with Crippen molar-refractivity contribution < 1.29 is 4.39 Å². The summed E-state index contributed by atoms with van der Waals surface area (Å²) in [4.78, 5) is 2.52. The van der Waals surface area contributed by atoms with Gasteiger partial charge in [-0.1, -0.05) is 25.8 Å². The summed E-state index contributed by atoms with van der Waals surface area (Å²) in [6.07, 6.45) is 6.36. The van der Waals surface area contributed by atoms with Crippen LogP contribution in [0.3, 0.4) is 0 Å². The molecule has 1 heterocycles. The van der Waals surface area contributed by atoms with Crippen molar-refractivity contribution in [3.05, 3.63) is 35.1 Å². The summed E-state index contributed by atoms with van der Waals surface area (Å²) in [5, 5.41) is 0. The van der Waals surface area contributed by atoms with Gasteiger partial charge in [-0.25, -0.2) is 4.39 Å². The summed E-state index contributed by atoms with van der Waals surface area (Å²) < 4.78 is 13.6. The van der Waals surface area contributed by atoms with Gasteiger partial charge in [-0.15, -0.1) is 0 Å². The zero-order chi connectivity index (χ0) is 13.7. The molecule has 0 bridgehead atoms. The van der Waals surface area contributed by atoms with Crippen LogP contribution < -0.4 is 5.73 Å². The monoisotopic (exact) mass is 264 g/mol. The van der Waals surface area contributed by atoms with Gasteiger partial charge in [-0.3, -0.25) is 4.90 Å². The Labute approximate surface area is 115 Å². The second-order valence-electron chi connectivity index (χ2n) is 5.55. The van der Waals surface area contributed by atoms with Crippen LogP contribution in [0.5, 0.6) is 0 Å². The number of hydrogen-bond acceptors (Lipinski definition) is 2. The molecule has 1 fully saturated rings. The predicted molar refractivity (Wildman–Crippen MR) is 77.2 cm³/mol. The maximum atomic E-state index is 13.6. The quantitative estimate of drug-likeness (QED) is 0.902. The Balaban J connectivity index is 2.11. The van der Waals surface area contributed by atoms with Gasteiger partial charge in [0, 0.05) is 19.1 Å². The first-order valence-electron chi connectivity index (χ1n) is 7.45. The first kappa shape index (κ1) is 14.5. The lowest BCUT2D eigenvalue weighted by Gasteiger charge is -2.29. The molecule has 2 rings (SSSR count). The van der Waals surface area contributed by atoms with Crippen molar-refractivity contribution in [2.24, 2.45) is 5.73 Å². The average Bonchev–Trinajstić information content (AvgIpc) is 2.63. The largest absolute Gasteiger partial charge is 0.326 e. The van der Waals surface area contributed by atoms with Crippen molar-refractivity contribution in [2.75, 3.05) is 6.54 Å². The molecule has 3 heteroatoms. The van der Waals surface area contributed by atoms with Gasteiger partial charge in [-0.2, -0.15) is 0 Å². The van der Waals surface area contributed by atoms with E-state index in [9.17, 15) is 4.39 Å². The summed E-state index contributed by atoms with van der Waals surface area (Å²) in [5.74, 6) is -0.166. The molecule has 1 aromatic rings. The van der Waals surface area contributed by atoms with Crippen molar-refractivity contribution in [3.8, 4) is 0 Å². The van der Waals surface area contributed by atoms with Crippen molar-refractivity contribution in [2.45, 2.75) is 58.2 Å². The summed E-state index contributed by atoms with van der Waals surface area (Å²) >= 11 is 0. The Kier molecular flexibility index (Phi) is 5.34. The molecule has 1 unspecified atom stereocenters. The van der Waals surface area contributed by atoms with Gasteiger partial charge in [0.05, 0.1) is 0 Å². The SMILES string of the molecule is CCC1CCCCCN1Cc1cc(F)cc(CN)c1. The van der Waals surface area contributed by atoms with E-state index in [1.807, 2.05) is 6.07 Å². The molecule has 1 aliphatic rings. The predicted octanol–water partition coefficient (Wildman–Crippen LogP) is 3.44. The number of benzene rings is 1. The smallest absolute Gasteiger partial charge is 0.123 e. The molecule has 1 saturated heterocycles. The highest BCUT2D eigenvalue weighted by Crippen LogP contribution is 2.22. The van der Waals surface area contributed by atoms with Gasteiger partial charge in [0.1, 0.15) is 5.82 Å². The Morgan fingerprint density at radius 3 is 2.74 bits per heavy atom. The maximum Gasteiger partial charge on any atom is 0.123 e. The van der Waals surface area contributed by atoms with E-state index in [1.54, 1.807) is 6.07 Å². The Hall–Kier alpha value is -0.930. The Morgan fingerprint density at radius 1 is 1.21 bits per heavy atom. The molecule has 0 aromatic heterocycles. The van der Waals surface area contributed by atoms with Gasteiger partial charge < -0.3 is 5.73 Å². The third-order valence-corrected chi connectivity index (χ3v) is 4.11. The van der Waals surface area contributed by atoms with E-state index in [0.29, 0.717) is 12.6 Å². The zero-order valence-corrected chi connectivity index (χ0v) is 11.9. The molecule has 0 spiro atoms. The highest BCUT2D eigenvalue weighted by molar-refractivity contribution is 5.24. The minimum atomic E-state index is -0.166. The number of hydrogen-bond donors (Lipinski definition) is 1. The lowest BCUT2D eigenvalue weighted by molar-refractivity contribution is 0.186. The van der Waals surface area contributed by atoms with Gasteiger partial charge in [0.25, 0.3) is 0 Å². The molecule has 0 amide bonds. The first-order chi connectivity index (χ1) is 9.22. The second-order valence-corrected chi connectivity index (χ2v) is 5.55. The van der Waals surface area contributed by atoms with Gasteiger partial charge >= 0.3 is 0 Å². The number of likely N-dealkylation sites (tertiary alicyclic amines) is 1. The molecule has 0 aliphatic carbocycles. The van der Waals surface area contributed by atoms with Crippen LogP contribution in [0, 0.1) is 5.82 Å². The zero-order valence-electron chi connectivity index (χ0n) is 11.9. The van der Waals surface area contributed by atoms with Crippen molar-refractivity contribution in [1.82, 2.24) is 4.90 Å². The Bertz CT molecular complexity index is 406. The van der Waals surface area contributed by atoms with Crippen LogP contribution in [0.15, 0.2) is 18.2 Å². The molecule has 1 aliphatic heterocycles.